The molecule has 3 heterocycles. The van der Waals surface area contributed by atoms with E-state index in [0.717, 1.165) is 42.6 Å². The molecule has 2 aromatic heterocycles. The average molecular weight is 379 g/mol. The molecule has 1 saturated heterocycles. The van der Waals surface area contributed by atoms with E-state index in [2.05, 4.69) is 24.0 Å². The molecule has 1 fully saturated rings. The van der Waals surface area contributed by atoms with E-state index in [9.17, 15) is 4.79 Å². The SMILES string of the molecule is CC(C)C[C@H]1CCN(C(=O)c2cc(COc3ccc4ncccc4c3)on2)C1. The lowest BCUT2D eigenvalue weighted by Crippen LogP contribution is -2.29. The van der Waals surface area contributed by atoms with E-state index in [1.807, 2.05) is 35.2 Å². The molecule has 28 heavy (non-hydrogen) atoms. The lowest BCUT2D eigenvalue weighted by molar-refractivity contribution is 0.0775. The predicted octanol–water partition coefficient (Wildman–Crippen LogP) is 4.31. The Morgan fingerprint density at radius 2 is 2.21 bits per heavy atom. The summed E-state index contributed by atoms with van der Waals surface area (Å²) in [6.07, 6.45) is 3.98. The highest BCUT2D eigenvalue weighted by Crippen LogP contribution is 2.25. The Morgan fingerprint density at radius 1 is 1.32 bits per heavy atom. The molecule has 4 rings (SSSR count). The fourth-order valence-corrected chi connectivity index (χ4v) is 3.82. The highest BCUT2D eigenvalue weighted by atomic mass is 16.5. The summed E-state index contributed by atoms with van der Waals surface area (Å²) in [7, 11) is 0. The Bertz CT molecular complexity index is 966. The third-order valence-electron chi connectivity index (χ3n) is 5.11. The number of amides is 1. The maximum atomic E-state index is 12.7. The van der Waals surface area contributed by atoms with E-state index < -0.39 is 0 Å². The van der Waals surface area contributed by atoms with Gasteiger partial charge in [-0.3, -0.25) is 9.78 Å². The molecule has 0 aliphatic carbocycles. The van der Waals surface area contributed by atoms with Gasteiger partial charge in [-0.15, -0.1) is 0 Å². The predicted molar refractivity (Wildman–Crippen MR) is 106 cm³/mol. The van der Waals surface area contributed by atoms with Crippen molar-refractivity contribution in [3.05, 3.63) is 54.0 Å². The van der Waals surface area contributed by atoms with Gasteiger partial charge >= 0.3 is 0 Å². The van der Waals surface area contributed by atoms with E-state index in [-0.39, 0.29) is 12.5 Å². The number of ether oxygens (including phenoxy) is 1. The van der Waals surface area contributed by atoms with Gasteiger partial charge < -0.3 is 14.2 Å². The number of rotatable bonds is 6. The second-order valence-corrected chi connectivity index (χ2v) is 7.86. The summed E-state index contributed by atoms with van der Waals surface area (Å²) in [5, 5.41) is 4.97. The van der Waals surface area contributed by atoms with Gasteiger partial charge in [0.2, 0.25) is 0 Å². The zero-order valence-electron chi connectivity index (χ0n) is 16.3. The first-order chi connectivity index (χ1) is 13.6. The molecule has 1 atom stereocenters. The molecule has 0 N–H and O–H groups in total. The standard InChI is InChI=1S/C22H25N3O3/c1-15(2)10-16-7-9-25(13-16)22(26)21-12-19(28-24-21)14-27-18-5-6-20-17(11-18)4-3-8-23-20/h3-6,8,11-12,15-16H,7,9-10,13-14H2,1-2H3/t16-/m1/s1. The number of pyridine rings is 1. The lowest BCUT2D eigenvalue weighted by Gasteiger charge is -2.15. The number of hydrogen-bond donors (Lipinski definition) is 0. The van der Waals surface area contributed by atoms with Crippen LogP contribution in [0.15, 0.2) is 47.1 Å². The Balaban J connectivity index is 1.35. The van der Waals surface area contributed by atoms with E-state index in [1.165, 1.54) is 0 Å². The third-order valence-corrected chi connectivity index (χ3v) is 5.11. The highest BCUT2D eigenvalue weighted by molar-refractivity contribution is 5.92. The number of aromatic nitrogens is 2. The first-order valence-electron chi connectivity index (χ1n) is 9.81. The molecule has 6 nitrogen and oxygen atoms in total. The summed E-state index contributed by atoms with van der Waals surface area (Å²) in [6, 6.07) is 11.3. The molecule has 0 spiro atoms. The van der Waals surface area contributed by atoms with Crippen molar-refractivity contribution >= 4 is 16.8 Å². The number of carbonyl (C=O) groups excluding carboxylic acids is 1. The molecule has 0 radical (unpaired) electrons. The molecule has 1 aromatic carbocycles. The number of benzene rings is 1. The van der Waals surface area contributed by atoms with Gasteiger partial charge in [0.25, 0.3) is 5.91 Å². The van der Waals surface area contributed by atoms with Crippen molar-refractivity contribution < 1.29 is 14.1 Å². The maximum Gasteiger partial charge on any atom is 0.276 e. The van der Waals surface area contributed by atoms with Crippen LogP contribution in [0.1, 0.15) is 42.9 Å². The topological polar surface area (TPSA) is 68.5 Å². The van der Waals surface area contributed by atoms with Gasteiger partial charge in [0.15, 0.2) is 11.5 Å². The molecular weight excluding hydrogens is 354 g/mol. The second kappa shape index (κ2) is 8.00. The van der Waals surface area contributed by atoms with Crippen LogP contribution in [0, 0.1) is 11.8 Å². The van der Waals surface area contributed by atoms with Crippen LogP contribution in [0.4, 0.5) is 0 Å². The monoisotopic (exact) mass is 379 g/mol. The van der Waals surface area contributed by atoms with Crippen LogP contribution < -0.4 is 4.74 Å². The Hall–Kier alpha value is -2.89. The van der Waals surface area contributed by atoms with Crippen molar-refractivity contribution in [3.8, 4) is 5.75 Å². The van der Waals surface area contributed by atoms with Crippen molar-refractivity contribution in [2.24, 2.45) is 11.8 Å². The van der Waals surface area contributed by atoms with Crippen molar-refractivity contribution in [2.75, 3.05) is 13.1 Å². The summed E-state index contributed by atoms with van der Waals surface area (Å²) in [5.41, 5.74) is 1.27. The average Bonchev–Trinajstić information content (AvgIpc) is 3.35. The largest absolute Gasteiger partial charge is 0.486 e. The Kier molecular flexibility index (Phi) is 5.28. The lowest BCUT2D eigenvalue weighted by atomic mass is 9.97. The molecule has 0 bridgehead atoms. The van der Waals surface area contributed by atoms with Crippen molar-refractivity contribution in [2.45, 2.75) is 33.3 Å². The molecule has 1 amide bonds. The van der Waals surface area contributed by atoms with Crippen molar-refractivity contribution in [3.63, 3.8) is 0 Å². The molecule has 6 heteroatoms. The van der Waals surface area contributed by atoms with E-state index >= 15 is 0 Å². The third kappa shape index (κ3) is 4.16. The van der Waals surface area contributed by atoms with Crippen molar-refractivity contribution in [1.29, 1.82) is 0 Å². The Morgan fingerprint density at radius 3 is 3.07 bits per heavy atom. The first kappa shape index (κ1) is 18.5. The number of fused-ring (bicyclic) bond motifs is 1. The minimum absolute atomic E-state index is 0.0574. The number of nitrogens with zero attached hydrogens (tertiary/aromatic N) is 3. The van der Waals surface area contributed by atoms with Crippen LogP contribution in [0.25, 0.3) is 10.9 Å². The van der Waals surface area contributed by atoms with Crippen LogP contribution in [-0.2, 0) is 6.61 Å². The Labute approximate surface area is 164 Å². The van der Waals surface area contributed by atoms with Crippen LogP contribution in [0.2, 0.25) is 0 Å². The second-order valence-electron chi connectivity index (χ2n) is 7.86. The summed E-state index contributed by atoms with van der Waals surface area (Å²) < 4.78 is 11.1. The molecule has 0 unspecified atom stereocenters. The van der Waals surface area contributed by atoms with Crippen LogP contribution in [0.3, 0.4) is 0 Å². The van der Waals surface area contributed by atoms with Crippen LogP contribution >= 0.6 is 0 Å². The fourth-order valence-electron chi connectivity index (χ4n) is 3.82. The first-order valence-corrected chi connectivity index (χ1v) is 9.81. The van der Waals surface area contributed by atoms with Gasteiger partial charge in [-0.05, 0) is 48.9 Å². The van der Waals surface area contributed by atoms with Gasteiger partial charge in [0, 0.05) is 30.7 Å². The molecule has 0 saturated carbocycles. The molecule has 146 valence electrons. The smallest absolute Gasteiger partial charge is 0.276 e. The molecule has 3 aromatic rings. The normalized spacial score (nSPS) is 16.8. The van der Waals surface area contributed by atoms with Gasteiger partial charge in [0.05, 0.1) is 5.52 Å². The van der Waals surface area contributed by atoms with Crippen molar-refractivity contribution in [1.82, 2.24) is 15.0 Å². The number of carbonyl (C=O) groups is 1. The van der Waals surface area contributed by atoms with E-state index in [4.69, 9.17) is 9.26 Å². The number of likely N-dealkylation sites (tertiary alicyclic amines) is 1. The summed E-state index contributed by atoms with van der Waals surface area (Å²) in [5.74, 6) is 2.44. The minimum Gasteiger partial charge on any atom is -0.486 e. The van der Waals surface area contributed by atoms with Gasteiger partial charge in [-0.25, -0.2) is 0 Å². The number of hydrogen-bond acceptors (Lipinski definition) is 5. The van der Waals surface area contributed by atoms with Gasteiger partial charge in [-0.1, -0.05) is 25.1 Å². The fraction of sp³-hybridized carbons (Fsp3) is 0.409. The van der Waals surface area contributed by atoms with E-state index in [0.29, 0.717) is 23.3 Å². The molecular formula is C22H25N3O3. The maximum absolute atomic E-state index is 12.7. The molecule has 1 aliphatic rings. The summed E-state index contributed by atoms with van der Waals surface area (Å²) >= 11 is 0. The van der Waals surface area contributed by atoms with Gasteiger partial charge in [0.1, 0.15) is 12.4 Å². The van der Waals surface area contributed by atoms with Gasteiger partial charge in [-0.2, -0.15) is 0 Å². The van der Waals surface area contributed by atoms with E-state index in [1.54, 1.807) is 12.3 Å². The molecule has 1 aliphatic heterocycles. The van der Waals surface area contributed by atoms with Crippen LogP contribution in [0.5, 0.6) is 5.75 Å². The summed E-state index contributed by atoms with van der Waals surface area (Å²) in [6.45, 7) is 6.27. The zero-order valence-corrected chi connectivity index (χ0v) is 16.3. The summed E-state index contributed by atoms with van der Waals surface area (Å²) in [4.78, 5) is 18.8. The zero-order chi connectivity index (χ0) is 19.5. The highest BCUT2D eigenvalue weighted by Gasteiger charge is 2.29. The quantitative estimate of drug-likeness (QED) is 0.638. The van der Waals surface area contributed by atoms with Crippen LogP contribution in [-0.4, -0.2) is 34.0 Å². The minimum atomic E-state index is -0.0574.